The number of imidazole rings is 1. The van der Waals surface area contributed by atoms with Gasteiger partial charge in [-0.25, -0.2) is 4.98 Å². The second kappa shape index (κ2) is 10.8. The average Bonchev–Trinajstić information content (AvgIpc) is 3.65. The zero-order chi connectivity index (χ0) is 32.3. The lowest BCUT2D eigenvalue weighted by atomic mass is 9.77. The second-order valence-corrected chi connectivity index (χ2v) is 14.1. The Hall–Kier alpha value is -5.48. The molecule has 0 fully saturated rings. The first-order chi connectivity index (χ1) is 22.7. The smallest absolute Gasteiger partial charge is 0.255 e. The Morgan fingerprint density at radius 2 is 1.26 bits per heavy atom. The second-order valence-electron chi connectivity index (χ2n) is 14.1. The summed E-state index contributed by atoms with van der Waals surface area (Å²) in [6.07, 6.45) is 4.15. The van der Waals surface area contributed by atoms with Crippen LogP contribution in [0.5, 0.6) is 0 Å². The monoisotopic (exact) mass is 611 g/mol. The summed E-state index contributed by atoms with van der Waals surface area (Å²) < 4.78 is 6.91. The van der Waals surface area contributed by atoms with Crippen LogP contribution in [0, 0.1) is 0 Å². The van der Waals surface area contributed by atoms with Crippen LogP contribution in [0.25, 0.3) is 50.0 Å². The Morgan fingerprint density at radius 3 is 2.06 bits per heavy atom. The van der Waals surface area contributed by atoms with Crippen molar-refractivity contribution < 1.29 is 4.57 Å². The molecule has 0 N–H and O–H groups in total. The predicted octanol–water partition coefficient (Wildman–Crippen LogP) is 10.0. The number of aromatic nitrogens is 4. The lowest BCUT2D eigenvalue weighted by molar-refractivity contribution is -0.567. The van der Waals surface area contributed by atoms with Gasteiger partial charge in [0.05, 0.1) is 11.0 Å². The molecule has 8 aromatic rings. The molecule has 3 heterocycles. The van der Waals surface area contributed by atoms with Gasteiger partial charge in [-0.05, 0) is 82.8 Å². The van der Waals surface area contributed by atoms with Crippen LogP contribution in [0.1, 0.15) is 51.3 Å². The van der Waals surface area contributed by atoms with Crippen molar-refractivity contribution in [3.63, 3.8) is 0 Å². The average molecular weight is 612 g/mol. The van der Waals surface area contributed by atoms with Crippen molar-refractivity contribution in [1.29, 1.82) is 0 Å². The molecule has 3 aromatic heterocycles. The molecular formula is C43H39N4+. The lowest BCUT2D eigenvalue weighted by Gasteiger charge is -2.27. The van der Waals surface area contributed by atoms with E-state index in [2.05, 4.69) is 188 Å². The molecular weight excluding hydrogens is 573 g/mol. The van der Waals surface area contributed by atoms with Crippen LogP contribution >= 0.6 is 0 Å². The van der Waals surface area contributed by atoms with E-state index < -0.39 is 0 Å². The van der Waals surface area contributed by atoms with Gasteiger partial charge >= 0.3 is 0 Å². The molecule has 0 aliphatic rings. The maximum atomic E-state index is 4.90. The standard InChI is InChI=1S/C43H39N4/c1-42(2,3)30-24-25-44-41(28-30)47-37-19-10-9-18-35(37)36-23-22-32(27-40(36)47)43(4,5)31-14-13-17-34(26-31)46-29-45(33-15-7-6-8-16-33)38-20-11-12-21-39(38)46/h6-29H,1-5H3/q+1. The zero-order valence-corrected chi connectivity index (χ0v) is 27.6. The highest BCUT2D eigenvalue weighted by atomic mass is 15.1. The van der Waals surface area contributed by atoms with E-state index in [1.807, 2.05) is 6.20 Å². The third-order valence-electron chi connectivity index (χ3n) is 9.75. The Bertz CT molecular complexity index is 2420. The molecule has 0 saturated carbocycles. The van der Waals surface area contributed by atoms with Crippen molar-refractivity contribution in [3.8, 4) is 17.2 Å². The molecule has 0 amide bonds. The fraction of sp³-hybridized carbons (Fsp3) is 0.163. The van der Waals surface area contributed by atoms with Gasteiger partial charge < -0.3 is 0 Å². The molecule has 230 valence electrons. The van der Waals surface area contributed by atoms with Crippen molar-refractivity contribution >= 4 is 32.8 Å². The first kappa shape index (κ1) is 29.0. The molecule has 0 aliphatic carbocycles. The molecule has 0 radical (unpaired) electrons. The minimum atomic E-state index is -0.259. The van der Waals surface area contributed by atoms with E-state index in [1.165, 1.54) is 49.5 Å². The largest absolute Gasteiger partial charge is 0.294 e. The van der Waals surface area contributed by atoms with Crippen molar-refractivity contribution in [1.82, 2.24) is 14.1 Å². The molecule has 4 heteroatoms. The van der Waals surface area contributed by atoms with Gasteiger partial charge in [0, 0.05) is 22.4 Å². The van der Waals surface area contributed by atoms with Gasteiger partial charge in [0.2, 0.25) is 0 Å². The number of rotatable bonds is 5. The van der Waals surface area contributed by atoms with Crippen molar-refractivity contribution in [2.24, 2.45) is 0 Å². The van der Waals surface area contributed by atoms with Crippen molar-refractivity contribution in [3.05, 3.63) is 163 Å². The minimum Gasteiger partial charge on any atom is -0.294 e. The SMILES string of the molecule is CC(C)(C)c1ccnc(-n2c3ccccc3c3ccc(C(C)(C)c4cccc(-n5c[n+](-c6ccccc6)c6ccccc65)c4)cc32)c1. The van der Waals surface area contributed by atoms with Crippen LogP contribution in [0.4, 0.5) is 0 Å². The quantitative estimate of drug-likeness (QED) is 0.178. The number of benzene rings is 5. The van der Waals surface area contributed by atoms with Crippen LogP contribution in [0.15, 0.2) is 146 Å². The number of hydrogen-bond acceptors (Lipinski definition) is 1. The molecule has 0 unspecified atom stereocenters. The van der Waals surface area contributed by atoms with Gasteiger partial charge in [-0.3, -0.25) is 4.57 Å². The minimum absolute atomic E-state index is 0.0278. The molecule has 8 rings (SSSR count). The van der Waals surface area contributed by atoms with E-state index in [0.717, 1.165) is 17.2 Å². The number of para-hydroxylation sites is 4. The molecule has 47 heavy (non-hydrogen) atoms. The summed E-state index contributed by atoms with van der Waals surface area (Å²) in [5.74, 6) is 0.951. The van der Waals surface area contributed by atoms with Crippen molar-refractivity contribution in [2.75, 3.05) is 0 Å². The predicted molar refractivity (Wildman–Crippen MR) is 194 cm³/mol. The highest BCUT2D eigenvalue weighted by Gasteiger charge is 2.27. The highest BCUT2D eigenvalue weighted by Crippen LogP contribution is 2.38. The zero-order valence-electron chi connectivity index (χ0n) is 27.6. The summed E-state index contributed by atoms with van der Waals surface area (Å²) in [5.41, 5.74) is 10.5. The Balaban J connectivity index is 1.27. The molecule has 0 spiro atoms. The van der Waals surface area contributed by atoms with Gasteiger partial charge in [0.1, 0.15) is 17.2 Å². The highest BCUT2D eigenvalue weighted by molar-refractivity contribution is 6.09. The van der Waals surface area contributed by atoms with Gasteiger partial charge in [0.25, 0.3) is 6.33 Å². The Morgan fingerprint density at radius 1 is 0.553 bits per heavy atom. The summed E-state index contributed by atoms with van der Waals surface area (Å²) >= 11 is 0. The summed E-state index contributed by atoms with van der Waals surface area (Å²) in [5, 5.41) is 2.48. The summed E-state index contributed by atoms with van der Waals surface area (Å²) in [6, 6.07) is 48.2. The topological polar surface area (TPSA) is 26.6 Å². The molecule has 0 bridgehead atoms. The Kier molecular flexibility index (Phi) is 6.66. The van der Waals surface area contributed by atoms with E-state index in [1.54, 1.807) is 0 Å². The number of hydrogen-bond donors (Lipinski definition) is 0. The van der Waals surface area contributed by atoms with E-state index in [-0.39, 0.29) is 10.8 Å². The van der Waals surface area contributed by atoms with Gasteiger partial charge in [-0.15, -0.1) is 0 Å². The molecule has 0 aliphatic heterocycles. The summed E-state index contributed by atoms with van der Waals surface area (Å²) in [4.78, 5) is 4.90. The summed E-state index contributed by atoms with van der Waals surface area (Å²) in [7, 11) is 0. The maximum Gasteiger partial charge on any atom is 0.255 e. The third kappa shape index (κ3) is 4.83. The van der Waals surface area contributed by atoms with E-state index in [4.69, 9.17) is 4.98 Å². The fourth-order valence-electron chi connectivity index (χ4n) is 6.94. The maximum absolute atomic E-state index is 4.90. The van der Waals surface area contributed by atoms with Gasteiger partial charge in [-0.2, -0.15) is 9.13 Å². The van der Waals surface area contributed by atoms with Crippen molar-refractivity contribution in [2.45, 2.75) is 45.4 Å². The van der Waals surface area contributed by atoms with Crippen LogP contribution < -0.4 is 4.57 Å². The first-order valence-corrected chi connectivity index (χ1v) is 16.4. The van der Waals surface area contributed by atoms with Gasteiger partial charge in [-0.1, -0.05) is 107 Å². The molecule has 5 aromatic carbocycles. The number of nitrogens with zero attached hydrogens (tertiary/aromatic N) is 4. The summed E-state index contributed by atoms with van der Waals surface area (Å²) in [6.45, 7) is 11.4. The normalized spacial score (nSPS) is 12.4. The number of pyridine rings is 1. The molecule has 4 nitrogen and oxygen atoms in total. The molecule has 0 saturated heterocycles. The van der Waals surface area contributed by atoms with Crippen LogP contribution in [-0.2, 0) is 10.8 Å². The van der Waals surface area contributed by atoms with Crippen LogP contribution in [-0.4, -0.2) is 14.1 Å². The van der Waals surface area contributed by atoms with Gasteiger partial charge in [0.15, 0.2) is 11.0 Å². The Labute approximate surface area is 276 Å². The van der Waals surface area contributed by atoms with Crippen LogP contribution in [0.2, 0.25) is 0 Å². The first-order valence-electron chi connectivity index (χ1n) is 16.4. The van der Waals surface area contributed by atoms with E-state index in [9.17, 15) is 0 Å². The third-order valence-corrected chi connectivity index (χ3v) is 9.75. The number of fused-ring (bicyclic) bond motifs is 4. The molecule has 0 atom stereocenters. The lowest BCUT2D eigenvalue weighted by Crippen LogP contribution is -2.28. The van der Waals surface area contributed by atoms with Crippen LogP contribution in [0.3, 0.4) is 0 Å². The van der Waals surface area contributed by atoms with E-state index >= 15 is 0 Å². The van der Waals surface area contributed by atoms with E-state index in [0.29, 0.717) is 0 Å². The fourth-order valence-corrected chi connectivity index (χ4v) is 6.94.